The second kappa shape index (κ2) is 6.49. The van der Waals surface area contributed by atoms with Crippen molar-refractivity contribution in [3.8, 4) is 0 Å². The maximum atomic E-state index is 12.2. The average molecular weight is 284 g/mol. The number of ether oxygens (including phenoxy) is 3. The van der Waals surface area contributed by atoms with Crippen LogP contribution in [0.25, 0.3) is 0 Å². The van der Waals surface area contributed by atoms with Gasteiger partial charge in [-0.3, -0.25) is 4.79 Å². The number of hydrogen-bond acceptors (Lipinski definition) is 7. The Morgan fingerprint density at radius 1 is 1.50 bits per heavy atom. The number of esters is 1. The van der Waals surface area contributed by atoms with Crippen LogP contribution in [0.2, 0.25) is 0 Å². The van der Waals surface area contributed by atoms with E-state index in [1.54, 1.807) is 0 Å². The summed E-state index contributed by atoms with van der Waals surface area (Å²) in [5.74, 6) is -0.343. The predicted octanol–water partition coefficient (Wildman–Crippen LogP) is -0.165. The lowest BCUT2D eigenvalue weighted by molar-refractivity contribution is -0.158. The molecule has 1 aromatic rings. The first-order valence-electron chi connectivity index (χ1n) is 6.09. The first-order valence-corrected chi connectivity index (χ1v) is 6.09. The molecule has 1 fully saturated rings. The number of hydrogen-bond donors (Lipinski definition) is 0. The SMILES string of the molecule is COCc1cc(C(=O)N2CCOC(C(=O)OC)C2)no1. The summed E-state index contributed by atoms with van der Waals surface area (Å²) in [6.07, 6.45) is -0.761. The third kappa shape index (κ3) is 3.14. The van der Waals surface area contributed by atoms with Crippen LogP contribution in [0.3, 0.4) is 0 Å². The Hall–Kier alpha value is -1.93. The largest absolute Gasteiger partial charge is 0.467 e. The highest BCUT2D eigenvalue weighted by atomic mass is 16.6. The Labute approximate surface area is 115 Å². The maximum absolute atomic E-state index is 12.2. The summed E-state index contributed by atoms with van der Waals surface area (Å²) in [6, 6.07) is 1.52. The van der Waals surface area contributed by atoms with Gasteiger partial charge in [-0.25, -0.2) is 4.79 Å². The van der Waals surface area contributed by atoms with Gasteiger partial charge in [0.25, 0.3) is 5.91 Å². The second-order valence-electron chi connectivity index (χ2n) is 4.25. The molecule has 1 aliphatic rings. The highest BCUT2D eigenvalue weighted by Gasteiger charge is 2.31. The lowest BCUT2D eigenvalue weighted by Gasteiger charge is -2.30. The smallest absolute Gasteiger partial charge is 0.336 e. The van der Waals surface area contributed by atoms with Crippen molar-refractivity contribution >= 4 is 11.9 Å². The van der Waals surface area contributed by atoms with E-state index < -0.39 is 12.1 Å². The molecule has 0 radical (unpaired) electrons. The predicted molar refractivity (Wildman–Crippen MR) is 64.9 cm³/mol. The molecule has 1 aliphatic heterocycles. The minimum atomic E-state index is -0.761. The van der Waals surface area contributed by atoms with Crippen molar-refractivity contribution in [1.82, 2.24) is 10.1 Å². The quantitative estimate of drug-likeness (QED) is 0.709. The molecule has 0 bridgehead atoms. The molecule has 2 rings (SSSR count). The number of amides is 1. The second-order valence-corrected chi connectivity index (χ2v) is 4.25. The highest BCUT2D eigenvalue weighted by molar-refractivity contribution is 5.92. The Bertz CT molecular complexity index is 486. The average Bonchev–Trinajstić information content (AvgIpc) is 2.95. The van der Waals surface area contributed by atoms with E-state index in [2.05, 4.69) is 9.89 Å². The summed E-state index contributed by atoms with van der Waals surface area (Å²) in [5, 5.41) is 3.70. The summed E-state index contributed by atoms with van der Waals surface area (Å²) >= 11 is 0. The maximum Gasteiger partial charge on any atom is 0.336 e. The molecular formula is C12H16N2O6. The van der Waals surface area contributed by atoms with Crippen LogP contribution in [0.1, 0.15) is 16.2 Å². The third-order valence-corrected chi connectivity index (χ3v) is 2.88. The molecule has 0 aromatic carbocycles. The molecule has 2 heterocycles. The number of morpholine rings is 1. The molecule has 20 heavy (non-hydrogen) atoms. The van der Waals surface area contributed by atoms with Crippen LogP contribution in [-0.4, -0.2) is 62.0 Å². The minimum Gasteiger partial charge on any atom is -0.467 e. The number of aromatic nitrogens is 1. The third-order valence-electron chi connectivity index (χ3n) is 2.88. The van der Waals surface area contributed by atoms with Crippen LogP contribution < -0.4 is 0 Å². The van der Waals surface area contributed by atoms with Gasteiger partial charge in [-0.2, -0.15) is 0 Å². The zero-order valence-electron chi connectivity index (χ0n) is 11.3. The zero-order chi connectivity index (χ0) is 14.5. The van der Waals surface area contributed by atoms with E-state index in [0.29, 0.717) is 12.3 Å². The van der Waals surface area contributed by atoms with Crippen molar-refractivity contribution < 1.29 is 28.3 Å². The first kappa shape index (κ1) is 14.5. The Balaban J connectivity index is 2.02. The van der Waals surface area contributed by atoms with Crippen LogP contribution in [0, 0.1) is 0 Å². The fourth-order valence-electron chi connectivity index (χ4n) is 1.89. The topological polar surface area (TPSA) is 91.1 Å². The normalized spacial score (nSPS) is 18.9. The van der Waals surface area contributed by atoms with Gasteiger partial charge in [-0.15, -0.1) is 0 Å². The van der Waals surface area contributed by atoms with Crippen LogP contribution in [0.15, 0.2) is 10.6 Å². The summed E-state index contributed by atoms with van der Waals surface area (Å²) in [4.78, 5) is 25.1. The molecule has 1 amide bonds. The fraction of sp³-hybridized carbons (Fsp3) is 0.583. The molecule has 110 valence electrons. The molecule has 0 spiro atoms. The van der Waals surface area contributed by atoms with Crippen LogP contribution in [0.5, 0.6) is 0 Å². The van der Waals surface area contributed by atoms with E-state index in [4.69, 9.17) is 14.0 Å². The molecule has 8 heteroatoms. The van der Waals surface area contributed by atoms with Crippen molar-refractivity contribution in [2.45, 2.75) is 12.7 Å². The van der Waals surface area contributed by atoms with Gasteiger partial charge in [0.15, 0.2) is 17.6 Å². The Morgan fingerprint density at radius 2 is 2.30 bits per heavy atom. The molecule has 8 nitrogen and oxygen atoms in total. The molecule has 0 aliphatic carbocycles. The van der Waals surface area contributed by atoms with E-state index in [-0.39, 0.29) is 31.4 Å². The number of nitrogens with zero attached hydrogens (tertiary/aromatic N) is 2. The molecule has 1 atom stereocenters. The summed E-state index contributed by atoms with van der Waals surface area (Å²) in [7, 11) is 2.80. The zero-order valence-corrected chi connectivity index (χ0v) is 11.3. The fourth-order valence-corrected chi connectivity index (χ4v) is 1.89. The Morgan fingerprint density at radius 3 is 3.00 bits per heavy atom. The van der Waals surface area contributed by atoms with E-state index >= 15 is 0 Å². The van der Waals surface area contributed by atoms with E-state index in [9.17, 15) is 9.59 Å². The monoisotopic (exact) mass is 284 g/mol. The molecule has 1 unspecified atom stereocenters. The van der Waals surface area contributed by atoms with Crippen molar-refractivity contribution in [3.63, 3.8) is 0 Å². The van der Waals surface area contributed by atoms with Crippen molar-refractivity contribution in [2.24, 2.45) is 0 Å². The number of rotatable bonds is 4. The highest BCUT2D eigenvalue weighted by Crippen LogP contribution is 2.12. The van der Waals surface area contributed by atoms with Gasteiger partial charge in [0.2, 0.25) is 0 Å². The van der Waals surface area contributed by atoms with Gasteiger partial charge in [0.05, 0.1) is 20.3 Å². The van der Waals surface area contributed by atoms with Crippen LogP contribution in [0.4, 0.5) is 0 Å². The molecule has 1 aromatic heterocycles. The summed E-state index contributed by atoms with van der Waals surface area (Å²) < 4.78 is 19.7. The number of methoxy groups -OCH3 is 2. The summed E-state index contributed by atoms with van der Waals surface area (Å²) in [5.41, 5.74) is 0.183. The van der Waals surface area contributed by atoms with Crippen molar-refractivity contribution in [2.75, 3.05) is 33.9 Å². The number of carbonyl (C=O) groups is 2. The lowest BCUT2D eigenvalue weighted by Crippen LogP contribution is -2.49. The molecule has 1 saturated heterocycles. The van der Waals surface area contributed by atoms with Gasteiger partial charge in [0, 0.05) is 19.7 Å². The molecular weight excluding hydrogens is 268 g/mol. The van der Waals surface area contributed by atoms with Crippen LogP contribution in [-0.2, 0) is 25.6 Å². The van der Waals surface area contributed by atoms with Crippen molar-refractivity contribution in [1.29, 1.82) is 0 Å². The number of carbonyl (C=O) groups excluding carboxylic acids is 2. The van der Waals surface area contributed by atoms with E-state index in [1.807, 2.05) is 0 Å². The van der Waals surface area contributed by atoms with Gasteiger partial charge in [-0.1, -0.05) is 5.16 Å². The molecule has 0 N–H and O–H groups in total. The standard InChI is InChI=1S/C12H16N2O6/c1-17-7-8-5-9(13-20-8)11(15)14-3-4-19-10(6-14)12(16)18-2/h5,10H,3-4,6-7H2,1-2H3. The van der Waals surface area contributed by atoms with Gasteiger partial charge in [-0.05, 0) is 0 Å². The van der Waals surface area contributed by atoms with Gasteiger partial charge < -0.3 is 23.6 Å². The lowest BCUT2D eigenvalue weighted by atomic mass is 10.2. The van der Waals surface area contributed by atoms with Gasteiger partial charge in [0.1, 0.15) is 6.61 Å². The van der Waals surface area contributed by atoms with Crippen LogP contribution >= 0.6 is 0 Å². The molecule has 0 saturated carbocycles. The van der Waals surface area contributed by atoms with E-state index in [1.165, 1.54) is 25.2 Å². The minimum absolute atomic E-state index is 0.137. The van der Waals surface area contributed by atoms with Crippen molar-refractivity contribution in [3.05, 3.63) is 17.5 Å². The summed E-state index contributed by atoms with van der Waals surface area (Å²) in [6.45, 7) is 1.04. The van der Waals surface area contributed by atoms with E-state index in [0.717, 1.165) is 0 Å². The first-order chi connectivity index (χ1) is 9.65. The Kier molecular flexibility index (Phi) is 4.70. The van der Waals surface area contributed by atoms with Gasteiger partial charge >= 0.3 is 5.97 Å².